The van der Waals surface area contributed by atoms with Gasteiger partial charge in [0.2, 0.25) is 0 Å². The molecule has 9 heteroatoms. The van der Waals surface area contributed by atoms with Crippen molar-refractivity contribution in [2.24, 2.45) is 7.05 Å². The van der Waals surface area contributed by atoms with Crippen LogP contribution in [0.25, 0.3) is 5.69 Å². The number of amides is 1. The standard InChI is InChI=1S/C29H29BrN4O4/c1-32-25(27(30)28(35)34(32)21-10-4-2-5-11-21)20-33-18-16-23(17-19-33)38-29(36)31-24-14-8-9-15-26(24)37-22-12-6-3-7-13-22/h2-15,23H,16-20H2,1H3,(H,31,36). The second kappa shape index (κ2) is 11.7. The molecule has 1 fully saturated rings. The maximum atomic E-state index is 12.9. The van der Waals surface area contributed by atoms with Crippen LogP contribution >= 0.6 is 15.9 Å². The number of carbonyl (C=O) groups is 1. The third kappa shape index (κ3) is 5.84. The van der Waals surface area contributed by atoms with Crippen molar-refractivity contribution in [1.82, 2.24) is 14.3 Å². The molecule has 0 spiro atoms. The number of anilines is 1. The van der Waals surface area contributed by atoms with Gasteiger partial charge in [-0.15, -0.1) is 0 Å². The zero-order valence-electron chi connectivity index (χ0n) is 21.0. The van der Waals surface area contributed by atoms with Gasteiger partial charge in [-0.25, -0.2) is 9.48 Å². The topological polar surface area (TPSA) is 77.7 Å². The molecule has 0 radical (unpaired) electrons. The van der Waals surface area contributed by atoms with Gasteiger partial charge in [-0.2, -0.15) is 0 Å². The first-order chi connectivity index (χ1) is 18.5. The minimum Gasteiger partial charge on any atom is -0.455 e. The number of para-hydroxylation sites is 4. The van der Waals surface area contributed by atoms with Crippen molar-refractivity contribution in [1.29, 1.82) is 0 Å². The molecule has 5 rings (SSSR count). The molecule has 0 aliphatic carbocycles. The van der Waals surface area contributed by atoms with E-state index >= 15 is 0 Å². The maximum absolute atomic E-state index is 12.9. The number of benzene rings is 3. The van der Waals surface area contributed by atoms with E-state index in [0.29, 0.717) is 41.0 Å². The molecule has 1 amide bonds. The van der Waals surface area contributed by atoms with Gasteiger partial charge in [0, 0.05) is 26.7 Å². The quantitative estimate of drug-likeness (QED) is 0.294. The van der Waals surface area contributed by atoms with Crippen molar-refractivity contribution >= 4 is 27.7 Å². The van der Waals surface area contributed by atoms with Crippen LogP contribution in [0, 0.1) is 0 Å². The van der Waals surface area contributed by atoms with Gasteiger partial charge in [0.15, 0.2) is 5.75 Å². The normalized spacial score (nSPS) is 14.3. The van der Waals surface area contributed by atoms with Crippen molar-refractivity contribution in [3.8, 4) is 17.2 Å². The van der Waals surface area contributed by atoms with E-state index in [1.807, 2.05) is 84.5 Å². The Morgan fingerprint density at radius 2 is 1.58 bits per heavy atom. The van der Waals surface area contributed by atoms with Gasteiger partial charge >= 0.3 is 6.09 Å². The van der Waals surface area contributed by atoms with Crippen LogP contribution in [0.2, 0.25) is 0 Å². The second-order valence-electron chi connectivity index (χ2n) is 9.15. The van der Waals surface area contributed by atoms with Crippen molar-refractivity contribution in [3.05, 3.63) is 105 Å². The summed E-state index contributed by atoms with van der Waals surface area (Å²) in [6.07, 6.45) is 0.730. The first-order valence-electron chi connectivity index (χ1n) is 12.5. The molecular formula is C29H29BrN4O4. The first-order valence-corrected chi connectivity index (χ1v) is 13.3. The average molecular weight is 577 g/mol. The summed E-state index contributed by atoms with van der Waals surface area (Å²) in [5, 5.41) is 2.82. The average Bonchev–Trinajstić information content (AvgIpc) is 3.14. The Labute approximate surface area is 229 Å². The van der Waals surface area contributed by atoms with Crippen LogP contribution in [0.5, 0.6) is 11.5 Å². The summed E-state index contributed by atoms with van der Waals surface area (Å²) in [7, 11) is 1.90. The van der Waals surface area contributed by atoms with Crippen LogP contribution in [0.1, 0.15) is 18.5 Å². The minimum absolute atomic E-state index is 0.0832. The number of nitrogens with one attached hydrogen (secondary N) is 1. The largest absolute Gasteiger partial charge is 0.455 e. The Morgan fingerprint density at radius 3 is 2.29 bits per heavy atom. The smallest absolute Gasteiger partial charge is 0.412 e. The number of likely N-dealkylation sites (tertiary alicyclic amines) is 1. The third-order valence-corrected chi connectivity index (χ3v) is 7.40. The zero-order chi connectivity index (χ0) is 26.5. The molecule has 196 valence electrons. The van der Waals surface area contributed by atoms with Crippen LogP contribution in [0.15, 0.2) is 94.2 Å². The number of piperidine rings is 1. The summed E-state index contributed by atoms with van der Waals surface area (Å²) >= 11 is 3.51. The van der Waals surface area contributed by atoms with Crippen molar-refractivity contribution in [3.63, 3.8) is 0 Å². The molecule has 2 heterocycles. The summed E-state index contributed by atoms with van der Waals surface area (Å²) in [6.45, 7) is 2.13. The fourth-order valence-electron chi connectivity index (χ4n) is 4.61. The van der Waals surface area contributed by atoms with E-state index < -0.39 is 6.09 Å². The Bertz CT molecular complexity index is 1440. The van der Waals surface area contributed by atoms with Gasteiger partial charge in [-0.05, 0) is 65.2 Å². The van der Waals surface area contributed by atoms with Gasteiger partial charge in [0.05, 0.1) is 17.1 Å². The highest BCUT2D eigenvalue weighted by Gasteiger charge is 2.25. The van der Waals surface area contributed by atoms with E-state index in [1.54, 1.807) is 16.8 Å². The highest BCUT2D eigenvalue weighted by molar-refractivity contribution is 9.10. The number of ether oxygens (including phenoxy) is 2. The number of hydrogen-bond acceptors (Lipinski definition) is 5. The van der Waals surface area contributed by atoms with Crippen molar-refractivity contribution in [2.75, 3.05) is 18.4 Å². The summed E-state index contributed by atoms with van der Waals surface area (Å²) in [5.74, 6) is 1.23. The molecule has 0 unspecified atom stereocenters. The molecule has 38 heavy (non-hydrogen) atoms. The fraction of sp³-hybridized carbons (Fsp3) is 0.241. The van der Waals surface area contributed by atoms with E-state index in [1.165, 1.54) is 0 Å². The third-order valence-electron chi connectivity index (χ3n) is 6.60. The minimum atomic E-state index is -0.502. The van der Waals surface area contributed by atoms with Crippen molar-refractivity contribution < 1.29 is 14.3 Å². The first kappa shape index (κ1) is 25.8. The monoisotopic (exact) mass is 576 g/mol. The van der Waals surface area contributed by atoms with Gasteiger partial charge in [-0.1, -0.05) is 48.5 Å². The van der Waals surface area contributed by atoms with E-state index in [4.69, 9.17) is 9.47 Å². The van der Waals surface area contributed by atoms with Gasteiger partial charge in [0.25, 0.3) is 5.56 Å². The van der Waals surface area contributed by atoms with E-state index in [-0.39, 0.29) is 11.7 Å². The van der Waals surface area contributed by atoms with Crippen LogP contribution < -0.4 is 15.6 Å². The molecule has 4 aromatic rings. The summed E-state index contributed by atoms with van der Waals surface area (Å²) < 4.78 is 15.8. The van der Waals surface area contributed by atoms with Crippen molar-refractivity contribution in [2.45, 2.75) is 25.5 Å². The number of hydrogen-bond donors (Lipinski definition) is 1. The van der Waals surface area contributed by atoms with E-state index in [0.717, 1.165) is 24.5 Å². The molecule has 1 aromatic heterocycles. The zero-order valence-corrected chi connectivity index (χ0v) is 22.6. The second-order valence-corrected chi connectivity index (χ2v) is 9.95. The number of carbonyl (C=O) groups excluding carboxylic acids is 1. The molecule has 0 atom stereocenters. The van der Waals surface area contributed by atoms with Crippen LogP contribution in [0.3, 0.4) is 0 Å². The van der Waals surface area contributed by atoms with Crippen LogP contribution in [-0.4, -0.2) is 39.6 Å². The molecule has 0 saturated carbocycles. The lowest BCUT2D eigenvalue weighted by molar-refractivity contribution is 0.0558. The lowest BCUT2D eigenvalue weighted by Gasteiger charge is -2.31. The number of rotatable bonds is 7. The van der Waals surface area contributed by atoms with Gasteiger partial charge < -0.3 is 9.47 Å². The number of nitrogens with zero attached hydrogens (tertiary/aromatic N) is 3. The molecule has 0 bridgehead atoms. The lowest BCUT2D eigenvalue weighted by Crippen LogP contribution is -2.38. The predicted octanol–water partition coefficient (Wildman–Crippen LogP) is 5.94. The summed E-state index contributed by atoms with van der Waals surface area (Å²) in [4.78, 5) is 27.9. The molecule has 1 aliphatic heterocycles. The van der Waals surface area contributed by atoms with Crippen LogP contribution in [-0.2, 0) is 18.3 Å². The van der Waals surface area contributed by atoms with Gasteiger partial charge in [0.1, 0.15) is 16.3 Å². The fourth-order valence-corrected chi connectivity index (χ4v) is 5.16. The van der Waals surface area contributed by atoms with E-state index in [2.05, 4.69) is 26.1 Å². The molecular weight excluding hydrogens is 548 g/mol. The SMILES string of the molecule is Cn1c(CN2CCC(OC(=O)Nc3ccccc3Oc3ccccc3)CC2)c(Br)c(=O)n1-c1ccccc1. The lowest BCUT2D eigenvalue weighted by atomic mass is 10.1. The van der Waals surface area contributed by atoms with Gasteiger partial charge in [-0.3, -0.25) is 19.7 Å². The predicted molar refractivity (Wildman–Crippen MR) is 150 cm³/mol. The number of aromatic nitrogens is 2. The maximum Gasteiger partial charge on any atom is 0.412 e. The Balaban J connectivity index is 1.16. The van der Waals surface area contributed by atoms with Crippen LogP contribution in [0.4, 0.5) is 10.5 Å². The summed E-state index contributed by atoms with van der Waals surface area (Å²) in [6, 6.07) is 26.3. The molecule has 8 nitrogen and oxygen atoms in total. The molecule has 3 aromatic carbocycles. The molecule has 1 aliphatic rings. The Kier molecular flexibility index (Phi) is 7.95. The Hall–Kier alpha value is -3.82. The number of halogens is 1. The summed E-state index contributed by atoms with van der Waals surface area (Å²) in [5.41, 5.74) is 2.19. The van der Waals surface area contributed by atoms with E-state index in [9.17, 15) is 9.59 Å². The Morgan fingerprint density at radius 1 is 0.947 bits per heavy atom. The molecule has 1 saturated heterocycles. The highest BCUT2D eigenvalue weighted by atomic mass is 79.9. The highest BCUT2D eigenvalue weighted by Crippen LogP contribution is 2.29. The molecule has 1 N–H and O–H groups in total.